The average Bonchev–Trinajstić information content (AvgIpc) is 2.37. The first kappa shape index (κ1) is 7.63. The van der Waals surface area contributed by atoms with Gasteiger partial charge in [-0.3, -0.25) is 0 Å². The Kier molecular flexibility index (Phi) is 1.42. The van der Waals surface area contributed by atoms with Crippen LogP contribution in [0.2, 0.25) is 0 Å². The maximum atomic E-state index is 9.80. The van der Waals surface area contributed by atoms with Crippen molar-refractivity contribution < 1.29 is 5.11 Å². The minimum Gasteiger partial charge on any atom is -0.507 e. The summed E-state index contributed by atoms with van der Waals surface area (Å²) in [7, 11) is 0. The van der Waals surface area contributed by atoms with Crippen LogP contribution in [0.15, 0.2) is 42.5 Å². The van der Waals surface area contributed by atoms with Crippen molar-refractivity contribution in [3.8, 4) is 16.9 Å². The van der Waals surface area contributed by atoms with E-state index in [0.717, 1.165) is 17.5 Å². The van der Waals surface area contributed by atoms with Gasteiger partial charge in [-0.2, -0.15) is 0 Å². The maximum absolute atomic E-state index is 9.80. The van der Waals surface area contributed by atoms with Gasteiger partial charge in [0, 0.05) is 5.56 Å². The van der Waals surface area contributed by atoms with E-state index in [-0.39, 0.29) is 0 Å². The molecule has 4 aliphatic rings. The Bertz CT molecular complexity index is 483. The monoisotopic (exact) mass is 182 g/mol. The minimum atomic E-state index is 0.384. The molecule has 4 aliphatic carbocycles. The highest BCUT2D eigenvalue weighted by Gasteiger charge is 2.09. The highest BCUT2D eigenvalue weighted by Crippen LogP contribution is 2.32. The zero-order valence-electron chi connectivity index (χ0n) is 7.70. The van der Waals surface area contributed by atoms with E-state index in [1.807, 2.05) is 12.1 Å². The van der Waals surface area contributed by atoms with Gasteiger partial charge in [-0.15, -0.1) is 0 Å². The number of phenolic OH excluding ortho intramolecular Hbond substituents is 1. The van der Waals surface area contributed by atoms with E-state index in [2.05, 4.69) is 30.3 Å². The molecule has 68 valence electrons. The maximum Gasteiger partial charge on any atom is 0.123 e. The highest BCUT2D eigenvalue weighted by molar-refractivity contribution is 5.71. The van der Waals surface area contributed by atoms with E-state index < -0.39 is 0 Å². The second-order valence-electron chi connectivity index (χ2n) is 3.73. The fourth-order valence-corrected chi connectivity index (χ4v) is 1.97. The second-order valence-corrected chi connectivity index (χ2v) is 3.73. The molecule has 2 aromatic carbocycles. The molecule has 6 rings (SSSR count). The Balaban J connectivity index is 2.40. The lowest BCUT2D eigenvalue weighted by molar-refractivity contribution is 0.477. The molecule has 0 atom stereocenters. The predicted octanol–water partition coefficient (Wildman–Crippen LogP) is 2.96. The van der Waals surface area contributed by atoms with Crippen LogP contribution in [0, 0.1) is 0 Å². The van der Waals surface area contributed by atoms with Gasteiger partial charge in [-0.25, -0.2) is 0 Å². The van der Waals surface area contributed by atoms with Crippen LogP contribution in [0.5, 0.6) is 5.75 Å². The van der Waals surface area contributed by atoms with Gasteiger partial charge in [-0.05, 0) is 29.2 Å². The van der Waals surface area contributed by atoms with Gasteiger partial charge < -0.3 is 5.11 Å². The average molecular weight is 182 g/mol. The molecule has 0 saturated heterocycles. The summed E-state index contributed by atoms with van der Waals surface area (Å²) in [5, 5.41) is 9.80. The first-order valence-corrected chi connectivity index (χ1v) is 4.74. The molecule has 0 aliphatic heterocycles. The second kappa shape index (κ2) is 2.61. The molecule has 1 heteroatoms. The Morgan fingerprint density at radius 3 is 2.29 bits per heavy atom. The van der Waals surface area contributed by atoms with Gasteiger partial charge in [0.2, 0.25) is 0 Å². The van der Waals surface area contributed by atoms with Crippen LogP contribution in [0.3, 0.4) is 0 Å². The van der Waals surface area contributed by atoms with E-state index in [0.29, 0.717) is 5.75 Å². The lowest BCUT2D eigenvalue weighted by atomic mass is 10.1. The molecule has 4 bridgehead atoms. The van der Waals surface area contributed by atoms with Crippen molar-refractivity contribution in [2.75, 3.05) is 0 Å². The first-order valence-electron chi connectivity index (χ1n) is 4.74. The molecule has 1 nitrogen and oxygen atoms in total. The Morgan fingerprint density at radius 2 is 1.57 bits per heavy atom. The third kappa shape index (κ3) is 1.02. The zero-order valence-corrected chi connectivity index (χ0v) is 7.70. The summed E-state index contributed by atoms with van der Waals surface area (Å²) >= 11 is 0. The SMILES string of the molecule is Oc1cc2ccc1-c1ccc(cc1)C2. The summed E-state index contributed by atoms with van der Waals surface area (Å²) in [6, 6.07) is 14.3. The topological polar surface area (TPSA) is 20.2 Å². The summed E-state index contributed by atoms with van der Waals surface area (Å²) in [5.74, 6) is 0.384. The molecule has 0 saturated carbocycles. The molecule has 0 radical (unpaired) electrons. The van der Waals surface area contributed by atoms with E-state index in [4.69, 9.17) is 0 Å². The quantitative estimate of drug-likeness (QED) is 0.566. The molecule has 0 fully saturated rings. The lowest BCUT2D eigenvalue weighted by Crippen LogP contribution is -1.84. The van der Waals surface area contributed by atoms with Gasteiger partial charge in [0.1, 0.15) is 5.75 Å². The van der Waals surface area contributed by atoms with Crippen LogP contribution in [-0.2, 0) is 6.42 Å². The third-order valence-electron chi connectivity index (χ3n) is 2.74. The van der Waals surface area contributed by atoms with Crippen LogP contribution in [0.4, 0.5) is 0 Å². The summed E-state index contributed by atoms with van der Waals surface area (Å²) < 4.78 is 0. The molecular weight excluding hydrogens is 172 g/mol. The molecule has 0 aromatic heterocycles. The van der Waals surface area contributed by atoms with E-state index in [1.54, 1.807) is 0 Å². The van der Waals surface area contributed by atoms with Crippen molar-refractivity contribution in [3.05, 3.63) is 53.6 Å². The van der Waals surface area contributed by atoms with Crippen LogP contribution in [0.1, 0.15) is 11.1 Å². The number of hydrogen-bond acceptors (Lipinski definition) is 1. The Morgan fingerprint density at radius 1 is 0.857 bits per heavy atom. The Hall–Kier alpha value is -1.76. The van der Waals surface area contributed by atoms with Crippen LogP contribution in [-0.4, -0.2) is 5.11 Å². The summed E-state index contributed by atoms with van der Waals surface area (Å²) in [4.78, 5) is 0. The fraction of sp³-hybridized carbons (Fsp3) is 0.0769. The van der Waals surface area contributed by atoms with Crippen LogP contribution < -0.4 is 0 Å². The fourth-order valence-electron chi connectivity index (χ4n) is 1.97. The van der Waals surface area contributed by atoms with Gasteiger partial charge in [-0.1, -0.05) is 36.4 Å². The number of rotatable bonds is 0. The largest absolute Gasteiger partial charge is 0.507 e. The first-order chi connectivity index (χ1) is 6.83. The summed E-state index contributed by atoms with van der Waals surface area (Å²) in [5.41, 5.74) is 4.46. The van der Waals surface area contributed by atoms with Gasteiger partial charge in [0.25, 0.3) is 0 Å². The molecule has 14 heavy (non-hydrogen) atoms. The molecule has 2 aromatic rings. The lowest BCUT2D eigenvalue weighted by Gasteiger charge is -2.03. The minimum absolute atomic E-state index is 0.384. The van der Waals surface area contributed by atoms with Crippen molar-refractivity contribution in [1.82, 2.24) is 0 Å². The smallest absolute Gasteiger partial charge is 0.123 e. The van der Waals surface area contributed by atoms with Crippen molar-refractivity contribution in [1.29, 1.82) is 0 Å². The molecule has 1 N–H and O–H groups in total. The third-order valence-corrected chi connectivity index (χ3v) is 2.74. The number of aromatic hydroxyl groups is 1. The van der Waals surface area contributed by atoms with Crippen molar-refractivity contribution >= 4 is 0 Å². The van der Waals surface area contributed by atoms with Crippen molar-refractivity contribution in [2.24, 2.45) is 0 Å². The van der Waals surface area contributed by atoms with Crippen molar-refractivity contribution in [3.63, 3.8) is 0 Å². The molecular formula is C13H10O. The Labute approximate surface area is 82.6 Å². The zero-order chi connectivity index (χ0) is 9.54. The standard InChI is InChI=1S/C13H10O/c14-13-8-10-3-6-12(13)11-4-1-9(7-10)2-5-11/h1-6,8,14H,7H2. The van der Waals surface area contributed by atoms with Gasteiger partial charge in [0.15, 0.2) is 0 Å². The normalized spacial score (nSPS) is 12.3. The molecule has 0 amide bonds. The van der Waals surface area contributed by atoms with E-state index >= 15 is 0 Å². The number of hydrogen-bond donors (Lipinski definition) is 1. The number of phenols is 1. The molecule has 0 unspecified atom stereocenters. The van der Waals surface area contributed by atoms with Crippen LogP contribution >= 0.6 is 0 Å². The van der Waals surface area contributed by atoms with E-state index in [9.17, 15) is 5.11 Å². The summed E-state index contributed by atoms with van der Waals surface area (Å²) in [6.07, 6.45) is 0.897. The van der Waals surface area contributed by atoms with Crippen molar-refractivity contribution in [2.45, 2.75) is 6.42 Å². The molecule has 0 spiro atoms. The highest BCUT2D eigenvalue weighted by atomic mass is 16.3. The summed E-state index contributed by atoms with van der Waals surface area (Å²) in [6.45, 7) is 0. The number of benzene rings is 2. The van der Waals surface area contributed by atoms with Gasteiger partial charge >= 0.3 is 0 Å². The molecule has 0 heterocycles. The van der Waals surface area contributed by atoms with Gasteiger partial charge in [0.05, 0.1) is 0 Å². The van der Waals surface area contributed by atoms with E-state index in [1.165, 1.54) is 11.1 Å². The van der Waals surface area contributed by atoms with Crippen LogP contribution in [0.25, 0.3) is 11.1 Å². The predicted molar refractivity (Wildman–Crippen MR) is 56.3 cm³/mol.